The molecule has 0 saturated heterocycles. The largest absolute Gasteiger partial charge is 0.465 e. The number of hydrogen-bond acceptors (Lipinski definition) is 4. The van der Waals surface area contributed by atoms with E-state index in [0.29, 0.717) is 0 Å². The summed E-state index contributed by atoms with van der Waals surface area (Å²) in [5, 5.41) is 14.7. The van der Waals surface area contributed by atoms with Gasteiger partial charge in [-0.25, -0.2) is 18.4 Å². The van der Waals surface area contributed by atoms with E-state index in [4.69, 9.17) is 9.88 Å². The van der Waals surface area contributed by atoms with E-state index in [0.717, 1.165) is 4.90 Å². The Morgan fingerprint density at radius 3 is 2.30 bits per heavy atom. The lowest BCUT2D eigenvalue weighted by molar-refractivity contribution is 0.0596. The van der Waals surface area contributed by atoms with Crippen LogP contribution in [0.5, 0.6) is 0 Å². The Kier molecular flexibility index (Phi) is 4.43. The van der Waals surface area contributed by atoms with Gasteiger partial charge in [0.15, 0.2) is 0 Å². The normalized spacial score (nSPS) is 26.6. The Morgan fingerprint density at radius 2 is 2.00 bits per heavy atom. The first-order valence-electron chi connectivity index (χ1n) is 6.49. The SMILES string of the molecule is CC(C)OCC1(S(N)(=O)=O)CC1N(C(=O)O)C(C)(C)C. The third-order valence-electron chi connectivity index (χ3n) is 3.45. The molecule has 1 saturated carbocycles. The van der Waals surface area contributed by atoms with E-state index in [1.54, 1.807) is 34.6 Å². The van der Waals surface area contributed by atoms with Crippen LogP contribution < -0.4 is 5.14 Å². The van der Waals surface area contributed by atoms with Crippen LogP contribution in [0.3, 0.4) is 0 Å². The number of carbonyl (C=O) groups is 1. The van der Waals surface area contributed by atoms with Crippen molar-refractivity contribution in [3.63, 3.8) is 0 Å². The van der Waals surface area contributed by atoms with Gasteiger partial charge in [0, 0.05) is 5.54 Å². The maximum Gasteiger partial charge on any atom is 0.408 e. The molecule has 8 heteroatoms. The molecule has 2 atom stereocenters. The van der Waals surface area contributed by atoms with Crippen molar-refractivity contribution in [2.24, 2.45) is 5.14 Å². The van der Waals surface area contributed by atoms with E-state index in [1.807, 2.05) is 0 Å². The Labute approximate surface area is 120 Å². The number of amides is 1. The van der Waals surface area contributed by atoms with Crippen LogP contribution in [0.2, 0.25) is 0 Å². The van der Waals surface area contributed by atoms with Crippen molar-refractivity contribution >= 4 is 16.1 Å². The number of ether oxygens (including phenoxy) is 1. The third kappa shape index (κ3) is 3.24. The Bertz CT molecular complexity index is 483. The van der Waals surface area contributed by atoms with Gasteiger partial charge < -0.3 is 9.84 Å². The highest BCUT2D eigenvalue weighted by atomic mass is 32.2. The fourth-order valence-electron chi connectivity index (χ4n) is 2.33. The summed E-state index contributed by atoms with van der Waals surface area (Å²) in [6.45, 7) is 8.64. The van der Waals surface area contributed by atoms with Gasteiger partial charge in [-0.1, -0.05) is 0 Å². The number of sulfonamides is 1. The first-order valence-corrected chi connectivity index (χ1v) is 8.04. The molecule has 7 nitrogen and oxygen atoms in total. The van der Waals surface area contributed by atoms with E-state index < -0.39 is 32.4 Å². The van der Waals surface area contributed by atoms with Crippen LogP contribution in [0.25, 0.3) is 0 Å². The average molecular weight is 308 g/mol. The predicted octanol–water partition coefficient (Wildman–Crippen LogP) is 0.990. The summed E-state index contributed by atoms with van der Waals surface area (Å²) in [7, 11) is -3.90. The van der Waals surface area contributed by atoms with Crippen molar-refractivity contribution < 1.29 is 23.1 Å². The fraction of sp³-hybridized carbons (Fsp3) is 0.917. The summed E-state index contributed by atoms with van der Waals surface area (Å²) in [5.41, 5.74) is -0.708. The standard InChI is InChI=1S/C12H24N2O5S/c1-8(2)19-7-12(20(13,17)18)6-9(12)14(10(15)16)11(3,4)5/h8-9H,6-7H2,1-5H3,(H,15,16)(H2,13,17,18). The average Bonchev–Trinajstić information content (AvgIpc) is 2.86. The molecule has 0 heterocycles. The molecule has 0 bridgehead atoms. The van der Waals surface area contributed by atoms with Crippen LogP contribution in [0.4, 0.5) is 4.79 Å². The van der Waals surface area contributed by atoms with Gasteiger partial charge in [0.2, 0.25) is 10.0 Å². The lowest BCUT2D eigenvalue weighted by atomic mass is 10.1. The highest BCUT2D eigenvalue weighted by Gasteiger charge is 2.67. The van der Waals surface area contributed by atoms with Gasteiger partial charge in [-0.15, -0.1) is 0 Å². The molecule has 0 aromatic rings. The van der Waals surface area contributed by atoms with Gasteiger partial charge in [0.05, 0.1) is 18.8 Å². The molecular formula is C12H24N2O5S. The molecule has 20 heavy (non-hydrogen) atoms. The number of rotatable bonds is 5. The van der Waals surface area contributed by atoms with Crippen molar-refractivity contribution in [2.75, 3.05) is 6.61 Å². The zero-order valence-electron chi connectivity index (χ0n) is 12.6. The molecule has 0 aromatic heterocycles. The topological polar surface area (TPSA) is 110 Å². The van der Waals surface area contributed by atoms with Crippen LogP contribution in [0, 0.1) is 0 Å². The number of nitrogens with zero attached hydrogens (tertiary/aromatic N) is 1. The summed E-state index contributed by atoms with van der Waals surface area (Å²) < 4.78 is 27.8. The molecule has 118 valence electrons. The summed E-state index contributed by atoms with van der Waals surface area (Å²) in [6.07, 6.45) is -1.14. The highest BCUT2D eigenvalue weighted by molar-refractivity contribution is 7.91. The second-order valence-corrected chi connectivity index (χ2v) is 8.42. The quantitative estimate of drug-likeness (QED) is 0.787. The van der Waals surface area contributed by atoms with Crippen molar-refractivity contribution in [2.45, 2.75) is 63.5 Å². The van der Waals surface area contributed by atoms with Gasteiger partial charge >= 0.3 is 6.09 Å². The minimum absolute atomic E-state index is 0.0893. The molecule has 2 unspecified atom stereocenters. The molecule has 0 aliphatic heterocycles. The Balaban J connectivity index is 3.06. The summed E-state index contributed by atoms with van der Waals surface area (Å²) in [5.74, 6) is 0. The third-order valence-corrected chi connectivity index (χ3v) is 5.14. The van der Waals surface area contributed by atoms with Crippen LogP contribution >= 0.6 is 0 Å². The van der Waals surface area contributed by atoms with Crippen LogP contribution in [0.1, 0.15) is 41.0 Å². The van der Waals surface area contributed by atoms with Crippen molar-refractivity contribution in [3.05, 3.63) is 0 Å². The molecule has 1 rings (SSSR count). The molecule has 1 aliphatic rings. The van der Waals surface area contributed by atoms with Gasteiger partial charge in [-0.05, 0) is 41.0 Å². The molecule has 0 aromatic carbocycles. The van der Waals surface area contributed by atoms with E-state index >= 15 is 0 Å². The van der Waals surface area contributed by atoms with E-state index in [9.17, 15) is 18.3 Å². The van der Waals surface area contributed by atoms with E-state index in [1.165, 1.54) is 0 Å². The number of primary sulfonamides is 1. The van der Waals surface area contributed by atoms with Gasteiger partial charge in [-0.2, -0.15) is 0 Å². The molecule has 1 fully saturated rings. The minimum atomic E-state index is -3.90. The van der Waals surface area contributed by atoms with Crippen LogP contribution in [-0.2, 0) is 14.8 Å². The summed E-state index contributed by atoms with van der Waals surface area (Å²) >= 11 is 0. The first-order chi connectivity index (χ1) is 8.83. The lowest BCUT2D eigenvalue weighted by Crippen LogP contribution is -2.52. The van der Waals surface area contributed by atoms with E-state index in [-0.39, 0.29) is 19.1 Å². The number of hydrogen-bond donors (Lipinski definition) is 2. The Hall–Kier alpha value is -0.860. The highest BCUT2D eigenvalue weighted by Crippen LogP contribution is 2.48. The molecule has 0 radical (unpaired) electrons. The van der Waals surface area contributed by atoms with Crippen LogP contribution in [-0.4, -0.2) is 53.6 Å². The Morgan fingerprint density at radius 1 is 1.50 bits per heavy atom. The molecule has 0 spiro atoms. The van der Waals surface area contributed by atoms with Gasteiger partial charge in [-0.3, -0.25) is 4.90 Å². The van der Waals surface area contributed by atoms with Crippen molar-refractivity contribution in [1.29, 1.82) is 0 Å². The fourth-order valence-corrected chi connectivity index (χ4v) is 3.44. The van der Waals surface area contributed by atoms with Crippen molar-refractivity contribution in [1.82, 2.24) is 4.90 Å². The van der Waals surface area contributed by atoms with Crippen molar-refractivity contribution in [3.8, 4) is 0 Å². The second-order valence-electron chi connectivity index (χ2n) is 6.51. The predicted molar refractivity (Wildman–Crippen MR) is 74.9 cm³/mol. The van der Waals surface area contributed by atoms with Gasteiger partial charge in [0.25, 0.3) is 0 Å². The van der Waals surface area contributed by atoms with E-state index in [2.05, 4.69) is 0 Å². The summed E-state index contributed by atoms with van der Waals surface area (Å²) in [4.78, 5) is 12.6. The maximum atomic E-state index is 11.9. The number of carboxylic acid groups (broad SMARTS) is 1. The minimum Gasteiger partial charge on any atom is -0.465 e. The molecular weight excluding hydrogens is 284 g/mol. The molecule has 1 aliphatic carbocycles. The van der Waals surface area contributed by atoms with Gasteiger partial charge in [0.1, 0.15) is 4.75 Å². The number of nitrogens with two attached hydrogens (primary N) is 1. The summed E-state index contributed by atoms with van der Waals surface area (Å²) in [6, 6.07) is -0.672. The maximum absolute atomic E-state index is 11.9. The first kappa shape index (κ1) is 17.2. The molecule has 3 N–H and O–H groups in total. The zero-order chi connectivity index (χ0) is 15.9. The molecule has 1 amide bonds. The monoisotopic (exact) mass is 308 g/mol. The lowest BCUT2D eigenvalue weighted by Gasteiger charge is -2.35. The smallest absolute Gasteiger partial charge is 0.408 e. The van der Waals surface area contributed by atoms with Crippen LogP contribution in [0.15, 0.2) is 0 Å². The zero-order valence-corrected chi connectivity index (χ0v) is 13.4. The second kappa shape index (κ2) is 5.16.